The molecule has 0 spiro atoms. The smallest absolute Gasteiger partial charge is 0.144 e. The van der Waals surface area contributed by atoms with Crippen LogP contribution in [0.2, 0.25) is 0 Å². The van der Waals surface area contributed by atoms with E-state index in [2.05, 4.69) is 48.5 Å². The topological polar surface area (TPSA) is 27.7 Å². The van der Waals surface area contributed by atoms with Crippen LogP contribution in [0.1, 0.15) is 22.3 Å². The molecular formula is C28H27ClO3. The second-order valence-corrected chi connectivity index (χ2v) is 7.28. The molecule has 0 amide bonds. The van der Waals surface area contributed by atoms with Gasteiger partial charge in [0.2, 0.25) is 0 Å². The molecule has 0 bridgehead atoms. The van der Waals surface area contributed by atoms with Crippen molar-refractivity contribution < 1.29 is 14.2 Å². The number of rotatable bonds is 8. The maximum absolute atomic E-state index is 6.84. The average molecular weight is 447 g/mol. The van der Waals surface area contributed by atoms with Crippen LogP contribution in [0.4, 0.5) is 0 Å². The average Bonchev–Trinajstić information content (AvgIpc) is 2.86. The SMILES string of the molecule is COc1ccc(C(OCc2ccccc2)(c2ccccc2)c2ccc(OC)cc2)cc1.Cl. The van der Waals surface area contributed by atoms with Gasteiger partial charge < -0.3 is 14.2 Å². The Balaban J connectivity index is 0.00000289. The predicted octanol–water partition coefficient (Wildman–Crippen LogP) is 6.63. The van der Waals surface area contributed by atoms with Crippen molar-refractivity contribution in [2.45, 2.75) is 12.2 Å². The van der Waals surface area contributed by atoms with Crippen LogP contribution < -0.4 is 9.47 Å². The molecule has 0 aromatic heterocycles. The summed E-state index contributed by atoms with van der Waals surface area (Å²) in [6, 6.07) is 36.8. The summed E-state index contributed by atoms with van der Waals surface area (Å²) >= 11 is 0. The number of methoxy groups -OCH3 is 2. The van der Waals surface area contributed by atoms with Crippen LogP contribution in [0.15, 0.2) is 109 Å². The summed E-state index contributed by atoms with van der Waals surface area (Å²) in [7, 11) is 3.35. The molecule has 0 heterocycles. The van der Waals surface area contributed by atoms with Gasteiger partial charge >= 0.3 is 0 Å². The molecule has 4 aromatic rings. The maximum atomic E-state index is 6.84. The Morgan fingerprint density at radius 1 is 0.531 bits per heavy atom. The number of halogens is 1. The van der Waals surface area contributed by atoms with Gasteiger partial charge in [-0.25, -0.2) is 0 Å². The molecule has 4 rings (SSSR count). The van der Waals surface area contributed by atoms with E-state index in [9.17, 15) is 0 Å². The quantitative estimate of drug-likeness (QED) is 0.284. The minimum atomic E-state index is -0.796. The third-order valence-corrected chi connectivity index (χ3v) is 5.47. The van der Waals surface area contributed by atoms with Gasteiger partial charge in [0.25, 0.3) is 0 Å². The number of ether oxygens (including phenoxy) is 3. The van der Waals surface area contributed by atoms with Gasteiger partial charge in [-0.05, 0) is 46.5 Å². The lowest BCUT2D eigenvalue weighted by Crippen LogP contribution is -2.32. The van der Waals surface area contributed by atoms with E-state index in [1.54, 1.807) is 14.2 Å². The minimum absolute atomic E-state index is 0. The zero-order chi connectivity index (χ0) is 21.5. The van der Waals surface area contributed by atoms with Crippen molar-refractivity contribution in [3.8, 4) is 11.5 Å². The van der Waals surface area contributed by atoms with E-state index in [4.69, 9.17) is 14.2 Å². The van der Waals surface area contributed by atoms with Gasteiger partial charge in [0.1, 0.15) is 17.1 Å². The Kier molecular flexibility index (Phi) is 7.93. The highest BCUT2D eigenvalue weighted by Crippen LogP contribution is 2.42. The van der Waals surface area contributed by atoms with Crippen molar-refractivity contribution in [3.63, 3.8) is 0 Å². The van der Waals surface area contributed by atoms with Crippen molar-refractivity contribution in [2.24, 2.45) is 0 Å². The molecule has 0 radical (unpaired) electrons. The van der Waals surface area contributed by atoms with Crippen LogP contribution in [0.25, 0.3) is 0 Å². The molecule has 4 heteroatoms. The van der Waals surface area contributed by atoms with Gasteiger partial charge in [-0.2, -0.15) is 0 Å². The van der Waals surface area contributed by atoms with Crippen LogP contribution in [-0.2, 0) is 16.9 Å². The van der Waals surface area contributed by atoms with Gasteiger partial charge in [-0.15, -0.1) is 12.4 Å². The molecule has 0 saturated heterocycles. The van der Waals surface area contributed by atoms with Gasteiger partial charge in [0, 0.05) is 0 Å². The van der Waals surface area contributed by atoms with Crippen molar-refractivity contribution in [1.82, 2.24) is 0 Å². The van der Waals surface area contributed by atoms with E-state index in [0.717, 1.165) is 33.8 Å². The predicted molar refractivity (Wildman–Crippen MR) is 131 cm³/mol. The van der Waals surface area contributed by atoms with E-state index < -0.39 is 5.60 Å². The summed E-state index contributed by atoms with van der Waals surface area (Å²) < 4.78 is 17.6. The van der Waals surface area contributed by atoms with Gasteiger partial charge in [0.15, 0.2) is 0 Å². The van der Waals surface area contributed by atoms with Gasteiger partial charge in [-0.1, -0.05) is 84.9 Å². The highest BCUT2D eigenvalue weighted by molar-refractivity contribution is 5.85. The lowest BCUT2D eigenvalue weighted by atomic mass is 9.80. The Morgan fingerprint density at radius 3 is 1.38 bits per heavy atom. The molecule has 0 fully saturated rings. The number of benzene rings is 4. The summed E-state index contributed by atoms with van der Waals surface area (Å²) in [5, 5.41) is 0. The van der Waals surface area contributed by atoms with E-state index in [-0.39, 0.29) is 12.4 Å². The first-order valence-corrected chi connectivity index (χ1v) is 10.3. The lowest BCUT2D eigenvalue weighted by Gasteiger charge is -2.36. The summed E-state index contributed by atoms with van der Waals surface area (Å²) in [6.45, 7) is 0.466. The maximum Gasteiger partial charge on any atom is 0.144 e. The highest BCUT2D eigenvalue weighted by Gasteiger charge is 2.37. The van der Waals surface area contributed by atoms with Crippen LogP contribution in [0.5, 0.6) is 11.5 Å². The molecule has 0 aliphatic rings. The van der Waals surface area contributed by atoms with E-state index in [1.807, 2.05) is 60.7 Å². The fraction of sp³-hybridized carbons (Fsp3) is 0.143. The van der Waals surface area contributed by atoms with Crippen molar-refractivity contribution in [2.75, 3.05) is 14.2 Å². The van der Waals surface area contributed by atoms with Crippen LogP contribution in [-0.4, -0.2) is 14.2 Å². The van der Waals surface area contributed by atoms with E-state index >= 15 is 0 Å². The normalized spacial score (nSPS) is 10.8. The fourth-order valence-electron chi connectivity index (χ4n) is 3.84. The van der Waals surface area contributed by atoms with Crippen molar-refractivity contribution in [3.05, 3.63) is 131 Å². The Morgan fingerprint density at radius 2 is 0.938 bits per heavy atom. The molecule has 0 aliphatic heterocycles. The Hall–Kier alpha value is -3.27. The highest BCUT2D eigenvalue weighted by atomic mass is 35.5. The summed E-state index contributed by atoms with van der Waals surface area (Å²) in [5.74, 6) is 1.62. The third kappa shape index (κ3) is 4.80. The monoisotopic (exact) mass is 446 g/mol. The zero-order valence-electron chi connectivity index (χ0n) is 18.2. The number of hydrogen-bond donors (Lipinski definition) is 0. The third-order valence-electron chi connectivity index (χ3n) is 5.47. The molecule has 4 aromatic carbocycles. The van der Waals surface area contributed by atoms with Crippen LogP contribution >= 0.6 is 12.4 Å². The van der Waals surface area contributed by atoms with Crippen molar-refractivity contribution >= 4 is 12.4 Å². The summed E-state index contributed by atoms with van der Waals surface area (Å²) in [4.78, 5) is 0. The largest absolute Gasteiger partial charge is 0.497 e. The zero-order valence-corrected chi connectivity index (χ0v) is 19.0. The fourth-order valence-corrected chi connectivity index (χ4v) is 3.84. The Labute approximate surface area is 196 Å². The number of hydrogen-bond acceptors (Lipinski definition) is 3. The van der Waals surface area contributed by atoms with Crippen LogP contribution in [0.3, 0.4) is 0 Å². The molecule has 32 heavy (non-hydrogen) atoms. The lowest BCUT2D eigenvalue weighted by molar-refractivity contribution is 0.000194. The van der Waals surface area contributed by atoms with E-state index in [0.29, 0.717) is 6.61 Å². The molecule has 0 aliphatic carbocycles. The first kappa shape index (κ1) is 23.4. The first-order valence-electron chi connectivity index (χ1n) is 10.3. The van der Waals surface area contributed by atoms with E-state index in [1.165, 1.54) is 0 Å². The molecule has 0 unspecified atom stereocenters. The second kappa shape index (κ2) is 10.9. The first-order chi connectivity index (χ1) is 15.3. The molecule has 0 N–H and O–H groups in total. The molecule has 3 nitrogen and oxygen atoms in total. The van der Waals surface area contributed by atoms with Gasteiger partial charge in [0.05, 0.1) is 20.8 Å². The second-order valence-electron chi connectivity index (χ2n) is 7.28. The summed E-state index contributed by atoms with van der Waals surface area (Å²) in [5.41, 5.74) is 3.43. The molecule has 0 saturated carbocycles. The molecule has 0 atom stereocenters. The molecule has 164 valence electrons. The molecular weight excluding hydrogens is 420 g/mol. The van der Waals surface area contributed by atoms with Crippen LogP contribution in [0, 0.1) is 0 Å². The standard InChI is InChI=1S/C28H26O3.ClH/c1-29-26-17-13-24(14-18-26)28(23-11-7-4-8-12-23,25-15-19-27(30-2)20-16-25)31-21-22-9-5-3-6-10-22;/h3-20H,21H2,1-2H3;1H. The van der Waals surface area contributed by atoms with Gasteiger partial charge in [-0.3, -0.25) is 0 Å². The minimum Gasteiger partial charge on any atom is -0.497 e. The van der Waals surface area contributed by atoms with Crippen molar-refractivity contribution in [1.29, 1.82) is 0 Å². The Bertz CT molecular complexity index is 1030. The summed E-state index contributed by atoms with van der Waals surface area (Å²) in [6.07, 6.45) is 0.